The first kappa shape index (κ1) is 10.5. The first-order chi connectivity index (χ1) is 6.24. The largest absolute Gasteiger partial charge is 0.414 e. The highest BCUT2D eigenvalue weighted by Crippen LogP contribution is 2.19. The molecule has 0 aliphatic carbocycles. The fourth-order valence-electron chi connectivity index (χ4n) is 0.767. The van der Waals surface area contributed by atoms with E-state index in [9.17, 15) is 0 Å². The standard InChI is InChI=1S/C8H15N3OS/c1-3-4-5-13-8-11-10-7(12-8)6(2)9/h6H,3-5,9H2,1-2H3/t6-/m0/s1. The number of thioether (sulfide) groups is 1. The Labute approximate surface area is 82.3 Å². The number of aromatic nitrogens is 2. The van der Waals surface area contributed by atoms with Crippen LogP contribution in [0.3, 0.4) is 0 Å². The Morgan fingerprint density at radius 2 is 2.31 bits per heavy atom. The Morgan fingerprint density at radius 3 is 2.85 bits per heavy atom. The molecule has 4 nitrogen and oxygen atoms in total. The van der Waals surface area contributed by atoms with E-state index >= 15 is 0 Å². The molecule has 0 aromatic carbocycles. The van der Waals surface area contributed by atoms with Gasteiger partial charge < -0.3 is 10.2 Å². The van der Waals surface area contributed by atoms with Gasteiger partial charge in [-0.15, -0.1) is 10.2 Å². The molecule has 74 valence electrons. The molecule has 2 N–H and O–H groups in total. The summed E-state index contributed by atoms with van der Waals surface area (Å²) in [6.45, 7) is 3.98. The van der Waals surface area contributed by atoms with Crippen LogP contribution in [0.15, 0.2) is 9.64 Å². The van der Waals surface area contributed by atoms with Gasteiger partial charge >= 0.3 is 0 Å². The lowest BCUT2D eigenvalue weighted by molar-refractivity contribution is 0.394. The van der Waals surface area contributed by atoms with E-state index in [4.69, 9.17) is 10.2 Å². The molecule has 0 amide bonds. The van der Waals surface area contributed by atoms with Crippen LogP contribution in [0, 0.1) is 0 Å². The van der Waals surface area contributed by atoms with E-state index < -0.39 is 0 Å². The number of rotatable bonds is 5. The average molecular weight is 201 g/mol. The molecule has 1 heterocycles. The van der Waals surface area contributed by atoms with E-state index in [1.54, 1.807) is 11.8 Å². The third-order valence-corrected chi connectivity index (χ3v) is 2.44. The molecule has 0 radical (unpaired) electrons. The van der Waals surface area contributed by atoms with E-state index in [1.165, 1.54) is 12.8 Å². The molecule has 1 rings (SSSR count). The van der Waals surface area contributed by atoms with E-state index in [0.29, 0.717) is 11.1 Å². The van der Waals surface area contributed by atoms with Crippen molar-refractivity contribution < 1.29 is 4.42 Å². The summed E-state index contributed by atoms with van der Waals surface area (Å²) in [6.07, 6.45) is 2.35. The molecule has 1 atom stereocenters. The van der Waals surface area contributed by atoms with Gasteiger partial charge in [0, 0.05) is 5.75 Å². The van der Waals surface area contributed by atoms with Crippen molar-refractivity contribution in [1.29, 1.82) is 0 Å². The molecule has 1 aromatic rings. The lowest BCUT2D eigenvalue weighted by atomic mass is 10.4. The van der Waals surface area contributed by atoms with Crippen molar-refractivity contribution in [2.45, 2.75) is 38.0 Å². The van der Waals surface area contributed by atoms with E-state index in [0.717, 1.165) is 5.75 Å². The monoisotopic (exact) mass is 201 g/mol. The summed E-state index contributed by atoms with van der Waals surface area (Å²) in [4.78, 5) is 0. The highest BCUT2D eigenvalue weighted by molar-refractivity contribution is 7.99. The Kier molecular flexibility index (Phi) is 4.24. The quantitative estimate of drug-likeness (QED) is 0.583. The van der Waals surface area contributed by atoms with Crippen LogP contribution >= 0.6 is 11.8 Å². The maximum Gasteiger partial charge on any atom is 0.276 e. The first-order valence-electron chi connectivity index (χ1n) is 4.45. The third-order valence-electron chi connectivity index (χ3n) is 1.54. The molecular weight excluding hydrogens is 186 g/mol. The van der Waals surface area contributed by atoms with Gasteiger partial charge in [0.15, 0.2) is 0 Å². The number of nitrogens with zero attached hydrogens (tertiary/aromatic N) is 2. The third kappa shape index (κ3) is 3.36. The minimum absolute atomic E-state index is 0.173. The summed E-state index contributed by atoms with van der Waals surface area (Å²) in [6, 6.07) is -0.173. The lowest BCUT2D eigenvalue weighted by Crippen LogP contribution is -2.04. The molecule has 13 heavy (non-hydrogen) atoms. The SMILES string of the molecule is CCCCSc1nnc([C@H](C)N)o1. The van der Waals surface area contributed by atoms with Crippen molar-refractivity contribution >= 4 is 11.8 Å². The topological polar surface area (TPSA) is 64.9 Å². The second-order valence-electron chi connectivity index (χ2n) is 2.90. The van der Waals surface area contributed by atoms with Crippen molar-refractivity contribution in [2.75, 3.05) is 5.75 Å². The van der Waals surface area contributed by atoms with Gasteiger partial charge in [-0.25, -0.2) is 0 Å². The van der Waals surface area contributed by atoms with Crippen molar-refractivity contribution in [1.82, 2.24) is 10.2 Å². The molecule has 0 aliphatic rings. The Balaban J connectivity index is 2.40. The van der Waals surface area contributed by atoms with Gasteiger partial charge in [-0.1, -0.05) is 25.1 Å². The second kappa shape index (κ2) is 5.24. The van der Waals surface area contributed by atoms with Crippen LogP contribution in [0.25, 0.3) is 0 Å². The minimum atomic E-state index is -0.173. The van der Waals surface area contributed by atoms with Crippen LogP contribution in [0.5, 0.6) is 0 Å². The number of unbranched alkanes of at least 4 members (excludes halogenated alkanes) is 1. The Hall–Kier alpha value is -0.550. The van der Waals surface area contributed by atoms with E-state index in [2.05, 4.69) is 17.1 Å². The van der Waals surface area contributed by atoms with Crippen LogP contribution in [0.4, 0.5) is 0 Å². The van der Waals surface area contributed by atoms with Crippen molar-refractivity contribution in [3.05, 3.63) is 5.89 Å². The number of nitrogens with two attached hydrogens (primary N) is 1. The lowest BCUT2D eigenvalue weighted by Gasteiger charge is -1.95. The summed E-state index contributed by atoms with van der Waals surface area (Å²) in [5.41, 5.74) is 5.58. The van der Waals surface area contributed by atoms with Gasteiger partial charge in [0.1, 0.15) is 0 Å². The molecule has 0 saturated heterocycles. The molecular formula is C8H15N3OS. The zero-order valence-electron chi connectivity index (χ0n) is 7.99. The van der Waals surface area contributed by atoms with Gasteiger partial charge in [-0.05, 0) is 13.3 Å². The predicted molar refractivity (Wildman–Crippen MR) is 52.5 cm³/mol. The van der Waals surface area contributed by atoms with Gasteiger partial charge in [-0.3, -0.25) is 0 Å². The normalized spacial score (nSPS) is 13.2. The second-order valence-corrected chi connectivity index (χ2v) is 3.94. The summed E-state index contributed by atoms with van der Waals surface area (Å²) in [5.74, 6) is 1.54. The highest BCUT2D eigenvalue weighted by atomic mass is 32.2. The molecule has 0 unspecified atom stereocenters. The van der Waals surface area contributed by atoms with Gasteiger partial charge in [0.2, 0.25) is 5.89 Å². The van der Waals surface area contributed by atoms with Gasteiger partial charge in [-0.2, -0.15) is 0 Å². The van der Waals surface area contributed by atoms with Crippen LogP contribution in [-0.2, 0) is 0 Å². The van der Waals surface area contributed by atoms with E-state index in [-0.39, 0.29) is 6.04 Å². The average Bonchev–Trinajstić information content (AvgIpc) is 2.53. The summed E-state index contributed by atoms with van der Waals surface area (Å²) < 4.78 is 5.31. The summed E-state index contributed by atoms with van der Waals surface area (Å²) in [7, 11) is 0. The molecule has 0 saturated carbocycles. The number of hydrogen-bond acceptors (Lipinski definition) is 5. The fourth-order valence-corrected chi connectivity index (χ4v) is 1.62. The molecule has 0 fully saturated rings. The number of hydrogen-bond donors (Lipinski definition) is 1. The van der Waals surface area contributed by atoms with Crippen molar-refractivity contribution in [3.8, 4) is 0 Å². The predicted octanol–water partition coefficient (Wildman–Crippen LogP) is 1.98. The molecule has 0 aliphatic heterocycles. The van der Waals surface area contributed by atoms with Crippen LogP contribution in [0.1, 0.15) is 38.6 Å². The summed E-state index contributed by atoms with van der Waals surface area (Å²) >= 11 is 1.59. The van der Waals surface area contributed by atoms with Crippen LogP contribution < -0.4 is 5.73 Å². The van der Waals surface area contributed by atoms with Gasteiger partial charge in [0.25, 0.3) is 5.22 Å². The van der Waals surface area contributed by atoms with Crippen molar-refractivity contribution in [3.63, 3.8) is 0 Å². The van der Waals surface area contributed by atoms with Crippen LogP contribution in [0.2, 0.25) is 0 Å². The molecule has 0 spiro atoms. The van der Waals surface area contributed by atoms with Gasteiger partial charge in [0.05, 0.1) is 6.04 Å². The minimum Gasteiger partial charge on any atom is -0.414 e. The molecule has 0 bridgehead atoms. The van der Waals surface area contributed by atoms with Crippen molar-refractivity contribution in [2.24, 2.45) is 5.73 Å². The molecule has 5 heteroatoms. The summed E-state index contributed by atoms with van der Waals surface area (Å²) in [5, 5.41) is 8.33. The fraction of sp³-hybridized carbons (Fsp3) is 0.750. The first-order valence-corrected chi connectivity index (χ1v) is 5.44. The Bertz CT molecular complexity index is 249. The maximum atomic E-state index is 5.58. The van der Waals surface area contributed by atoms with Crippen LogP contribution in [-0.4, -0.2) is 16.0 Å². The highest BCUT2D eigenvalue weighted by Gasteiger charge is 2.09. The smallest absolute Gasteiger partial charge is 0.276 e. The zero-order chi connectivity index (χ0) is 9.68. The Morgan fingerprint density at radius 1 is 1.54 bits per heavy atom. The zero-order valence-corrected chi connectivity index (χ0v) is 8.80. The van der Waals surface area contributed by atoms with E-state index in [1.807, 2.05) is 6.92 Å². The maximum absolute atomic E-state index is 5.58. The molecule has 1 aromatic heterocycles.